The van der Waals surface area contributed by atoms with E-state index in [0.29, 0.717) is 0 Å². The van der Waals surface area contributed by atoms with Gasteiger partial charge in [0.25, 0.3) is 0 Å². The lowest BCUT2D eigenvalue weighted by Gasteiger charge is -1.89. The van der Waals surface area contributed by atoms with Crippen LogP contribution in [0.5, 0.6) is 0 Å². The third kappa shape index (κ3) is 1.50. The second-order valence-corrected chi connectivity index (χ2v) is 2.01. The molecule has 58 valence electrons. The van der Waals surface area contributed by atoms with Crippen molar-refractivity contribution in [2.24, 2.45) is 0 Å². The Bertz CT molecular complexity index is 398. The topological polar surface area (TPSA) is 51.2 Å². The van der Waals surface area contributed by atoms with Crippen LogP contribution in [0.1, 0.15) is 11.1 Å². The van der Waals surface area contributed by atoms with E-state index >= 15 is 0 Å². The predicted molar refractivity (Wildman–Crippen MR) is 40.8 cm³/mol. The van der Waals surface area contributed by atoms with E-state index in [1.807, 2.05) is 6.07 Å². The van der Waals surface area contributed by atoms with Crippen molar-refractivity contribution >= 4 is 0 Å². The van der Waals surface area contributed by atoms with Crippen molar-refractivity contribution in [3.63, 3.8) is 0 Å². The minimum absolute atomic E-state index is 0.0380. The zero-order valence-electron chi connectivity index (χ0n) is 5.91. The van der Waals surface area contributed by atoms with Crippen molar-refractivity contribution in [1.82, 2.24) is 0 Å². The van der Waals surface area contributed by atoms with Gasteiger partial charge in [-0.2, -0.15) is 5.26 Å². The van der Waals surface area contributed by atoms with Crippen LogP contribution in [0.3, 0.4) is 0 Å². The molecule has 0 atom stereocenters. The molecule has 1 aromatic rings. The fraction of sp³-hybridized carbons (Fsp3) is 0. The summed E-state index contributed by atoms with van der Waals surface area (Å²) in [6.45, 7) is 0. The van der Waals surface area contributed by atoms with E-state index in [1.54, 1.807) is 6.07 Å². The van der Waals surface area contributed by atoms with Gasteiger partial charge in [-0.1, -0.05) is 0 Å². The fourth-order valence-corrected chi connectivity index (χ4v) is 0.724. The standard InChI is InChI=1S/C8H3FN2O/c9-8-3-6(4-10)1-2-7(8)5-11-12/h1-3H. The molecule has 1 rings (SSSR count). The fourth-order valence-electron chi connectivity index (χ4n) is 0.724. The molecule has 3 nitrogen and oxygen atoms in total. The number of nitrogens with zero attached hydrogens (tertiary/aromatic N) is 2. The Hall–Kier alpha value is -2.07. The average molecular weight is 162 g/mol. The summed E-state index contributed by atoms with van der Waals surface area (Å²) in [4.78, 5) is 0. The summed E-state index contributed by atoms with van der Waals surface area (Å²) in [7, 11) is 0. The largest absolute Gasteiger partial charge is 0.498 e. The molecule has 0 saturated heterocycles. The molecule has 4 heteroatoms. The summed E-state index contributed by atoms with van der Waals surface area (Å²) in [5.74, 6) is -0.673. The Balaban J connectivity index is 3.20. The van der Waals surface area contributed by atoms with Crippen LogP contribution in [0.2, 0.25) is 0 Å². The molecule has 0 unspecified atom stereocenters. The third-order valence-corrected chi connectivity index (χ3v) is 1.26. The van der Waals surface area contributed by atoms with Crippen LogP contribution in [0.25, 0.3) is 5.01 Å². The van der Waals surface area contributed by atoms with Crippen LogP contribution in [0, 0.1) is 28.4 Å². The van der Waals surface area contributed by atoms with Crippen LogP contribution in [0.4, 0.5) is 4.39 Å². The monoisotopic (exact) mass is 162 g/mol. The van der Waals surface area contributed by atoms with Gasteiger partial charge in [0.1, 0.15) is 11.4 Å². The van der Waals surface area contributed by atoms with Crippen LogP contribution in [-0.4, -0.2) is 0 Å². The molecule has 0 amide bonds. The Kier molecular flexibility index (Phi) is 2.25. The highest BCUT2D eigenvalue weighted by atomic mass is 19.1. The van der Waals surface area contributed by atoms with E-state index in [1.165, 1.54) is 12.1 Å². The van der Waals surface area contributed by atoms with E-state index in [9.17, 15) is 9.60 Å². The lowest BCUT2D eigenvalue weighted by molar-refractivity contribution is 0.624. The van der Waals surface area contributed by atoms with Crippen molar-refractivity contribution in [2.45, 2.75) is 0 Å². The van der Waals surface area contributed by atoms with Crippen molar-refractivity contribution in [3.8, 4) is 12.1 Å². The molecule has 0 aliphatic heterocycles. The highest BCUT2D eigenvalue weighted by Crippen LogP contribution is 2.08. The highest BCUT2D eigenvalue weighted by Gasteiger charge is 2.04. The Morgan fingerprint density at radius 3 is 2.75 bits per heavy atom. The van der Waals surface area contributed by atoms with Gasteiger partial charge in [-0.05, 0) is 18.2 Å². The molecule has 0 N–H and O–H groups in total. The van der Waals surface area contributed by atoms with Gasteiger partial charge in [-0.25, -0.2) is 4.39 Å². The van der Waals surface area contributed by atoms with Crippen molar-refractivity contribution in [2.75, 3.05) is 0 Å². The van der Waals surface area contributed by atoms with Crippen molar-refractivity contribution in [1.29, 1.82) is 5.26 Å². The molecule has 12 heavy (non-hydrogen) atoms. The van der Waals surface area contributed by atoms with Gasteiger partial charge in [-0.15, -0.1) is 0 Å². The predicted octanol–water partition coefficient (Wildman–Crippen LogP) is 1.88. The van der Waals surface area contributed by atoms with Gasteiger partial charge in [0.15, 0.2) is 0 Å². The van der Waals surface area contributed by atoms with E-state index in [0.717, 1.165) is 6.07 Å². The molecule has 1 aromatic carbocycles. The molecule has 0 spiro atoms. The summed E-state index contributed by atoms with van der Waals surface area (Å²) < 4.78 is 12.8. The molecular weight excluding hydrogens is 159 g/mol. The third-order valence-electron chi connectivity index (χ3n) is 1.26. The number of hydrogen-bond acceptors (Lipinski definition) is 2. The first-order valence-corrected chi connectivity index (χ1v) is 3.06. The molecule has 0 aliphatic carbocycles. The molecule has 0 radical (unpaired) electrons. The maximum absolute atomic E-state index is 12.8. The Morgan fingerprint density at radius 2 is 2.25 bits per heavy atom. The summed E-state index contributed by atoms with van der Waals surface area (Å²) in [6, 6.07) is 7.35. The van der Waals surface area contributed by atoms with Gasteiger partial charge in [-0.3, -0.25) is 0 Å². The smallest absolute Gasteiger partial charge is 0.339 e. The minimum atomic E-state index is -0.673. The zero-order valence-corrected chi connectivity index (χ0v) is 5.91. The number of benzene rings is 1. The van der Waals surface area contributed by atoms with E-state index in [-0.39, 0.29) is 11.1 Å². The summed E-state index contributed by atoms with van der Waals surface area (Å²) in [5.41, 5.74) is 0.160. The van der Waals surface area contributed by atoms with Crippen molar-refractivity contribution in [3.05, 3.63) is 45.4 Å². The Morgan fingerprint density at radius 1 is 1.50 bits per heavy atom. The van der Waals surface area contributed by atoms with Crippen LogP contribution < -0.4 is 0 Å². The van der Waals surface area contributed by atoms with E-state index in [4.69, 9.17) is 5.26 Å². The SMILES string of the molecule is N#Cc1ccc(C#[N+][O-])c(F)c1. The van der Waals surface area contributed by atoms with Gasteiger partial charge in [0.2, 0.25) is 0 Å². The molecule has 0 aliphatic rings. The highest BCUT2D eigenvalue weighted by molar-refractivity contribution is 5.39. The number of halogens is 1. The Labute approximate surface area is 68.1 Å². The molecule has 0 saturated carbocycles. The van der Waals surface area contributed by atoms with Crippen LogP contribution >= 0.6 is 0 Å². The molecule has 0 aromatic heterocycles. The maximum atomic E-state index is 12.8. The van der Waals surface area contributed by atoms with Gasteiger partial charge in [0, 0.05) is 5.01 Å². The van der Waals surface area contributed by atoms with Gasteiger partial charge >= 0.3 is 6.07 Å². The first-order chi connectivity index (χ1) is 5.77. The van der Waals surface area contributed by atoms with Gasteiger partial charge < -0.3 is 5.21 Å². The second kappa shape index (κ2) is 3.36. The average Bonchev–Trinajstić information content (AvgIpc) is 2.09. The lowest BCUT2D eigenvalue weighted by Crippen LogP contribution is -1.84. The summed E-state index contributed by atoms with van der Waals surface area (Å²) >= 11 is 0. The van der Waals surface area contributed by atoms with Crippen LogP contribution in [-0.2, 0) is 0 Å². The molecule has 0 bridgehead atoms. The van der Waals surface area contributed by atoms with Crippen LogP contribution in [0.15, 0.2) is 18.2 Å². The first-order valence-electron chi connectivity index (χ1n) is 3.06. The zero-order chi connectivity index (χ0) is 8.97. The molecule has 0 heterocycles. The molecule has 0 fully saturated rings. The number of hydrogen-bond donors (Lipinski definition) is 0. The normalized spacial score (nSPS) is 8.00. The number of nitriles is 1. The lowest BCUT2D eigenvalue weighted by atomic mass is 10.1. The number of rotatable bonds is 0. The summed E-state index contributed by atoms with van der Waals surface area (Å²) in [5, 5.41) is 20.3. The van der Waals surface area contributed by atoms with E-state index in [2.05, 4.69) is 5.01 Å². The van der Waals surface area contributed by atoms with Crippen molar-refractivity contribution < 1.29 is 4.39 Å². The second-order valence-electron chi connectivity index (χ2n) is 2.01. The van der Waals surface area contributed by atoms with E-state index < -0.39 is 5.82 Å². The quantitative estimate of drug-likeness (QED) is 0.547. The van der Waals surface area contributed by atoms with Gasteiger partial charge in [0.05, 0.1) is 11.6 Å². The maximum Gasteiger partial charge on any atom is 0.339 e. The summed E-state index contributed by atoms with van der Waals surface area (Å²) in [6.07, 6.45) is 0. The minimum Gasteiger partial charge on any atom is -0.498 e. The molecular formula is C8H3FN2O. The first kappa shape index (κ1) is 8.03.